The van der Waals surface area contributed by atoms with Crippen LogP contribution in [0.15, 0.2) is 12.2 Å². The van der Waals surface area contributed by atoms with Crippen LogP contribution in [-0.4, -0.2) is 0 Å². The van der Waals surface area contributed by atoms with E-state index in [2.05, 4.69) is 20.4 Å². The molecular formula is C6H12V. The van der Waals surface area contributed by atoms with Crippen molar-refractivity contribution in [1.29, 1.82) is 0 Å². The van der Waals surface area contributed by atoms with E-state index in [0.29, 0.717) is 5.92 Å². The van der Waals surface area contributed by atoms with E-state index in [1.807, 2.05) is 6.92 Å². The zero-order chi connectivity index (χ0) is 5.15. The molecule has 0 aromatic heterocycles. The first-order valence-electron chi connectivity index (χ1n) is 2.30. The summed E-state index contributed by atoms with van der Waals surface area (Å²) in [7, 11) is 0. The van der Waals surface area contributed by atoms with Crippen molar-refractivity contribution in [3.63, 3.8) is 0 Å². The zero-order valence-electron chi connectivity index (χ0n) is 5.23. The van der Waals surface area contributed by atoms with Crippen LogP contribution in [0.5, 0.6) is 0 Å². The Morgan fingerprint density at radius 1 is 1.43 bits per heavy atom. The Morgan fingerprint density at radius 3 is 1.57 bits per heavy atom. The molecule has 0 heterocycles. The van der Waals surface area contributed by atoms with E-state index in [0.717, 1.165) is 0 Å². The van der Waals surface area contributed by atoms with E-state index in [9.17, 15) is 0 Å². The Kier molecular flexibility index (Phi) is 6.62. The molecule has 0 fully saturated rings. The van der Waals surface area contributed by atoms with E-state index < -0.39 is 0 Å². The summed E-state index contributed by atoms with van der Waals surface area (Å²) in [6, 6.07) is 0. The van der Waals surface area contributed by atoms with Crippen LogP contribution in [0, 0.1) is 5.92 Å². The van der Waals surface area contributed by atoms with Gasteiger partial charge in [-0.3, -0.25) is 0 Å². The second-order valence-electron chi connectivity index (χ2n) is 2.00. The van der Waals surface area contributed by atoms with E-state index >= 15 is 0 Å². The molecule has 0 saturated carbocycles. The summed E-state index contributed by atoms with van der Waals surface area (Å²) in [6.45, 7) is 10.1. The first kappa shape index (κ1) is 10.3. The first-order valence-corrected chi connectivity index (χ1v) is 2.30. The molecule has 0 saturated heterocycles. The molecule has 0 atom stereocenters. The fourth-order valence-corrected chi connectivity index (χ4v) is 0. The summed E-state index contributed by atoms with van der Waals surface area (Å²) in [5.74, 6) is 0.657. The van der Waals surface area contributed by atoms with E-state index in [1.54, 1.807) is 0 Å². The molecule has 1 heteroatoms. The van der Waals surface area contributed by atoms with Gasteiger partial charge in [0.1, 0.15) is 0 Å². The number of allylic oxidation sites excluding steroid dienone is 1. The van der Waals surface area contributed by atoms with Gasteiger partial charge in [0, 0.05) is 18.6 Å². The smallest absolute Gasteiger partial charge is 0 e. The van der Waals surface area contributed by atoms with Crippen LogP contribution < -0.4 is 0 Å². The maximum Gasteiger partial charge on any atom is 0 e. The molecule has 0 aromatic rings. The van der Waals surface area contributed by atoms with Crippen molar-refractivity contribution in [2.75, 3.05) is 0 Å². The summed E-state index contributed by atoms with van der Waals surface area (Å²) in [5, 5.41) is 0. The Balaban J connectivity index is 0. The largest absolute Gasteiger partial charge is 0.0999 e. The topological polar surface area (TPSA) is 0 Å². The van der Waals surface area contributed by atoms with E-state index in [-0.39, 0.29) is 18.6 Å². The molecule has 0 amide bonds. The van der Waals surface area contributed by atoms with Gasteiger partial charge in [-0.05, 0) is 12.8 Å². The van der Waals surface area contributed by atoms with Gasteiger partial charge in [0.2, 0.25) is 0 Å². The molecular weight excluding hydrogens is 123 g/mol. The van der Waals surface area contributed by atoms with Gasteiger partial charge < -0.3 is 0 Å². The SMILES string of the molecule is C=C(C)C(C)C.[V]. The Labute approximate surface area is 57.9 Å². The van der Waals surface area contributed by atoms with Crippen LogP contribution in [0.4, 0.5) is 0 Å². The van der Waals surface area contributed by atoms with Gasteiger partial charge in [-0.25, -0.2) is 0 Å². The first-order chi connectivity index (χ1) is 2.64. The molecule has 0 unspecified atom stereocenters. The van der Waals surface area contributed by atoms with Crippen LogP contribution in [-0.2, 0) is 18.6 Å². The van der Waals surface area contributed by atoms with Gasteiger partial charge in [0.05, 0.1) is 0 Å². The average Bonchev–Trinajstić information content (AvgIpc) is 1.36. The molecule has 0 N–H and O–H groups in total. The Hall–Kier alpha value is 0.324. The van der Waals surface area contributed by atoms with Gasteiger partial charge in [-0.2, -0.15) is 0 Å². The third kappa shape index (κ3) is 6.32. The third-order valence-corrected chi connectivity index (χ3v) is 0.986. The summed E-state index contributed by atoms with van der Waals surface area (Å²) in [6.07, 6.45) is 0. The second kappa shape index (κ2) is 4.48. The second-order valence-corrected chi connectivity index (χ2v) is 2.00. The monoisotopic (exact) mass is 135 g/mol. The molecule has 41 valence electrons. The molecule has 0 aliphatic carbocycles. The maximum absolute atomic E-state index is 3.75. The molecule has 0 rings (SSSR count). The molecule has 0 bridgehead atoms. The Bertz CT molecular complexity index is 55.2. The van der Waals surface area contributed by atoms with Crippen molar-refractivity contribution in [2.24, 2.45) is 5.92 Å². The third-order valence-electron chi connectivity index (χ3n) is 0.986. The normalized spacial score (nSPS) is 8.00. The zero-order valence-corrected chi connectivity index (χ0v) is 6.63. The summed E-state index contributed by atoms with van der Waals surface area (Å²) >= 11 is 0. The summed E-state index contributed by atoms with van der Waals surface area (Å²) in [5.41, 5.74) is 1.26. The van der Waals surface area contributed by atoms with E-state index in [1.165, 1.54) is 5.57 Å². The van der Waals surface area contributed by atoms with Crippen molar-refractivity contribution in [3.8, 4) is 0 Å². The summed E-state index contributed by atoms with van der Waals surface area (Å²) in [4.78, 5) is 0. The van der Waals surface area contributed by atoms with Crippen molar-refractivity contribution >= 4 is 0 Å². The van der Waals surface area contributed by atoms with Crippen molar-refractivity contribution in [1.82, 2.24) is 0 Å². The van der Waals surface area contributed by atoms with Gasteiger partial charge >= 0.3 is 0 Å². The minimum atomic E-state index is 0. The predicted molar refractivity (Wildman–Crippen MR) is 29.7 cm³/mol. The fourth-order valence-electron chi connectivity index (χ4n) is 0. The molecule has 1 radical (unpaired) electrons. The maximum atomic E-state index is 3.75. The fraction of sp³-hybridized carbons (Fsp3) is 0.667. The molecule has 0 nitrogen and oxygen atoms in total. The molecule has 0 aliphatic heterocycles. The van der Waals surface area contributed by atoms with E-state index in [4.69, 9.17) is 0 Å². The van der Waals surface area contributed by atoms with Crippen molar-refractivity contribution in [2.45, 2.75) is 20.8 Å². The average molecular weight is 135 g/mol. The van der Waals surface area contributed by atoms with Gasteiger partial charge in [0.25, 0.3) is 0 Å². The van der Waals surface area contributed by atoms with Gasteiger partial charge in [-0.1, -0.05) is 26.0 Å². The molecule has 7 heavy (non-hydrogen) atoms. The standard InChI is InChI=1S/C6H12.V/c1-5(2)6(3)4;/h6H,1H2,2-4H3;. The quantitative estimate of drug-likeness (QED) is 0.483. The van der Waals surface area contributed by atoms with Crippen molar-refractivity contribution in [3.05, 3.63) is 12.2 Å². The van der Waals surface area contributed by atoms with Gasteiger partial charge in [0.15, 0.2) is 0 Å². The number of hydrogen-bond donors (Lipinski definition) is 0. The van der Waals surface area contributed by atoms with Crippen LogP contribution >= 0.6 is 0 Å². The minimum Gasteiger partial charge on any atom is -0.0999 e. The number of rotatable bonds is 1. The van der Waals surface area contributed by atoms with Crippen LogP contribution in [0.3, 0.4) is 0 Å². The van der Waals surface area contributed by atoms with Crippen LogP contribution in [0.25, 0.3) is 0 Å². The summed E-state index contributed by atoms with van der Waals surface area (Å²) < 4.78 is 0. The van der Waals surface area contributed by atoms with Crippen LogP contribution in [0.2, 0.25) is 0 Å². The number of hydrogen-bond acceptors (Lipinski definition) is 0. The Morgan fingerprint density at radius 2 is 1.57 bits per heavy atom. The molecule has 0 aliphatic rings. The van der Waals surface area contributed by atoms with Gasteiger partial charge in [-0.15, -0.1) is 0 Å². The molecule has 0 aromatic carbocycles. The molecule has 0 spiro atoms. The van der Waals surface area contributed by atoms with Crippen LogP contribution in [0.1, 0.15) is 20.8 Å². The minimum absolute atomic E-state index is 0. The predicted octanol–water partition coefficient (Wildman–Crippen LogP) is 2.22. The van der Waals surface area contributed by atoms with Crippen molar-refractivity contribution < 1.29 is 18.6 Å².